The molecule has 1 N–H and O–H groups in total. The van der Waals surface area contributed by atoms with E-state index in [4.69, 9.17) is 14.5 Å². The third-order valence-electron chi connectivity index (χ3n) is 4.89. The second kappa shape index (κ2) is 8.95. The van der Waals surface area contributed by atoms with Crippen molar-refractivity contribution >= 4 is 23.4 Å². The molecule has 0 radical (unpaired) electrons. The van der Waals surface area contributed by atoms with E-state index in [2.05, 4.69) is 5.32 Å². The number of anilines is 1. The molecule has 9 heteroatoms. The van der Waals surface area contributed by atoms with Crippen LogP contribution in [0.15, 0.2) is 78.1 Å². The summed E-state index contributed by atoms with van der Waals surface area (Å²) < 4.78 is 39.4. The highest BCUT2D eigenvalue weighted by Gasteiger charge is 2.18. The number of nitrogens with zero attached hydrogens (tertiary/aromatic N) is 2. The molecule has 3 aromatic carbocycles. The molecule has 0 atom stereocenters. The van der Waals surface area contributed by atoms with Crippen molar-refractivity contribution in [3.05, 3.63) is 84.6 Å². The number of hydrogen-bond donors (Lipinski definition) is 1. The van der Waals surface area contributed by atoms with Gasteiger partial charge in [0, 0.05) is 23.1 Å². The molecular formula is C24H17F2N3O3S. The topological polar surface area (TPSA) is 65.4 Å². The highest BCUT2D eigenvalue weighted by Crippen LogP contribution is 2.36. The third kappa shape index (κ3) is 4.68. The molecule has 1 amide bonds. The molecule has 0 aliphatic carbocycles. The van der Waals surface area contributed by atoms with Gasteiger partial charge in [0.25, 0.3) is 0 Å². The van der Waals surface area contributed by atoms with Crippen molar-refractivity contribution in [3.8, 4) is 28.4 Å². The first-order valence-electron chi connectivity index (χ1n) is 9.99. The maximum Gasteiger partial charge on any atom is 0.234 e. The Morgan fingerprint density at radius 2 is 1.82 bits per heavy atom. The molecule has 6 nitrogen and oxygen atoms in total. The number of ether oxygens (including phenoxy) is 2. The molecule has 5 rings (SSSR count). The Kier molecular flexibility index (Phi) is 5.70. The van der Waals surface area contributed by atoms with Crippen LogP contribution in [0.3, 0.4) is 0 Å². The highest BCUT2D eigenvalue weighted by atomic mass is 32.2. The van der Waals surface area contributed by atoms with E-state index in [0.29, 0.717) is 33.7 Å². The van der Waals surface area contributed by atoms with E-state index >= 15 is 0 Å². The third-order valence-corrected chi connectivity index (χ3v) is 5.84. The second-order valence-electron chi connectivity index (χ2n) is 7.17. The number of halogens is 2. The lowest BCUT2D eigenvalue weighted by atomic mass is 10.1. The van der Waals surface area contributed by atoms with Gasteiger partial charge < -0.3 is 14.8 Å². The van der Waals surface area contributed by atoms with E-state index in [1.807, 2.05) is 24.4 Å². The van der Waals surface area contributed by atoms with Gasteiger partial charge in [0.15, 0.2) is 16.7 Å². The van der Waals surface area contributed by atoms with Gasteiger partial charge in [-0.3, -0.25) is 9.36 Å². The fourth-order valence-electron chi connectivity index (χ4n) is 3.34. The molecule has 1 aromatic heterocycles. The van der Waals surface area contributed by atoms with Crippen molar-refractivity contribution in [3.63, 3.8) is 0 Å². The molecule has 33 heavy (non-hydrogen) atoms. The zero-order valence-corrected chi connectivity index (χ0v) is 17.9. The molecule has 0 spiro atoms. The fourth-order valence-corrected chi connectivity index (χ4v) is 4.13. The van der Waals surface area contributed by atoms with Crippen LogP contribution < -0.4 is 14.8 Å². The lowest BCUT2D eigenvalue weighted by Gasteiger charge is -2.08. The normalized spacial score (nSPS) is 12.1. The molecule has 1 aliphatic heterocycles. The van der Waals surface area contributed by atoms with Gasteiger partial charge in [0.05, 0.1) is 11.4 Å². The number of thioether (sulfide) groups is 1. The van der Waals surface area contributed by atoms with Gasteiger partial charge in [-0.15, -0.1) is 0 Å². The number of carbonyl (C=O) groups excluding carboxylic acids is 1. The molecule has 1 aliphatic rings. The minimum atomic E-state index is -0.430. The summed E-state index contributed by atoms with van der Waals surface area (Å²) in [6.45, 7) is 0.171. The Morgan fingerprint density at radius 3 is 2.64 bits per heavy atom. The Labute approximate surface area is 192 Å². The van der Waals surface area contributed by atoms with Crippen LogP contribution in [-0.4, -0.2) is 28.0 Å². The molecule has 0 saturated carbocycles. The maximum atomic E-state index is 13.5. The van der Waals surface area contributed by atoms with Gasteiger partial charge in [-0.1, -0.05) is 17.8 Å². The van der Waals surface area contributed by atoms with Gasteiger partial charge in [-0.2, -0.15) is 0 Å². The Bertz CT molecular complexity index is 1330. The number of fused-ring (bicyclic) bond motifs is 1. The van der Waals surface area contributed by atoms with Crippen LogP contribution in [0.5, 0.6) is 11.5 Å². The number of amides is 1. The van der Waals surface area contributed by atoms with Gasteiger partial charge >= 0.3 is 0 Å². The van der Waals surface area contributed by atoms with E-state index in [-0.39, 0.29) is 24.3 Å². The predicted molar refractivity (Wildman–Crippen MR) is 121 cm³/mol. The van der Waals surface area contributed by atoms with Crippen LogP contribution in [0.1, 0.15) is 0 Å². The largest absolute Gasteiger partial charge is 0.454 e. The van der Waals surface area contributed by atoms with Crippen molar-refractivity contribution < 1.29 is 23.0 Å². The average molecular weight is 465 g/mol. The van der Waals surface area contributed by atoms with Crippen molar-refractivity contribution in [1.29, 1.82) is 0 Å². The first-order chi connectivity index (χ1) is 16.0. The predicted octanol–water partition coefficient (Wildman–Crippen LogP) is 5.28. The van der Waals surface area contributed by atoms with E-state index in [1.54, 1.807) is 22.8 Å². The van der Waals surface area contributed by atoms with Crippen LogP contribution in [-0.2, 0) is 4.79 Å². The summed E-state index contributed by atoms with van der Waals surface area (Å²) in [5, 5.41) is 3.21. The number of aromatic nitrogens is 2. The second-order valence-corrected chi connectivity index (χ2v) is 8.11. The van der Waals surface area contributed by atoms with Gasteiger partial charge in [0.2, 0.25) is 12.7 Å². The van der Waals surface area contributed by atoms with Gasteiger partial charge in [-0.25, -0.2) is 13.8 Å². The van der Waals surface area contributed by atoms with Gasteiger partial charge in [0.1, 0.15) is 11.6 Å². The Morgan fingerprint density at radius 1 is 1.00 bits per heavy atom. The van der Waals surface area contributed by atoms with Crippen molar-refractivity contribution in [1.82, 2.24) is 9.55 Å². The first kappa shape index (κ1) is 21.0. The summed E-state index contributed by atoms with van der Waals surface area (Å²) in [5.74, 6) is 0.269. The smallest absolute Gasteiger partial charge is 0.234 e. The van der Waals surface area contributed by atoms with Crippen LogP contribution in [0.2, 0.25) is 0 Å². The molecule has 0 unspecified atom stereocenters. The lowest BCUT2D eigenvalue weighted by Crippen LogP contribution is -2.14. The molecule has 0 saturated heterocycles. The van der Waals surface area contributed by atoms with E-state index in [1.165, 1.54) is 42.1 Å². The minimum Gasteiger partial charge on any atom is -0.454 e. The summed E-state index contributed by atoms with van der Waals surface area (Å²) in [7, 11) is 0. The number of hydrogen-bond acceptors (Lipinski definition) is 5. The zero-order valence-electron chi connectivity index (χ0n) is 17.1. The number of rotatable bonds is 6. The number of imidazole rings is 1. The molecule has 4 aromatic rings. The Hall–Kier alpha value is -3.85. The quantitative estimate of drug-likeness (QED) is 0.393. The monoisotopic (exact) mass is 465 g/mol. The van der Waals surface area contributed by atoms with Crippen LogP contribution in [0.4, 0.5) is 14.5 Å². The molecule has 0 fully saturated rings. The summed E-state index contributed by atoms with van der Waals surface area (Å²) in [5.41, 5.74) is 2.55. The summed E-state index contributed by atoms with van der Waals surface area (Å²) in [4.78, 5) is 17.1. The summed E-state index contributed by atoms with van der Waals surface area (Å²) in [6.07, 6.45) is 1.82. The first-order valence-corrected chi connectivity index (χ1v) is 11.0. The Balaban J connectivity index is 1.41. The highest BCUT2D eigenvalue weighted by molar-refractivity contribution is 7.99. The average Bonchev–Trinajstić information content (AvgIpc) is 3.45. The van der Waals surface area contributed by atoms with Crippen molar-refractivity contribution in [2.45, 2.75) is 5.16 Å². The minimum absolute atomic E-state index is 0.0509. The zero-order chi connectivity index (χ0) is 22.8. The van der Waals surface area contributed by atoms with E-state index < -0.39 is 5.82 Å². The molecule has 2 heterocycles. The van der Waals surface area contributed by atoms with Crippen LogP contribution in [0, 0.1) is 11.6 Å². The standard InChI is InChI=1S/C24H17F2N3O3S/c25-16-5-7-19(8-6-16)29-12-20(15-4-9-21-22(10-15)32-14-31-21)28-24(29)33-13-23(30)27-18-3-1-2-17(26)11-18/h1-12H,13-14H2,(H,27,30). The maximum absolute atomic E-state index is 13.5. The SMILES string of the molecule is O=C(CSc1nc(-c2ccc3c(c2)OCO3)cn1-c1ccc(F)cc1)Nc1cccc(F)c1. The summed E-state index contributed by atoms with van der Waals surface area (Å²) in [6, 6.07) is 17.2. The van der Waals surface area contributed by atoms with Crippen LogP contribution in [0.25, 0.3) is 16.9 Å². The molecule has 0 bridgehead atoms. The van der Waals surface area contributed by atoms with E-state index in [9.17, 15) is 13.6 Å². The summed E-state index contributed by atoms with van der Waals surface area (Å²) >= 11 is 1.21. The number of carbonyl (C=O) groups is 1. The van der Waals surface area contributed by atoms with Crippen molar-refractivity contribution in [2.75, 3.05) is 17.9 Å². The molecular weight excluding hydrogens is 448 g/mol. The van der Waals surface area contributed by atoms with Crippen molar-refractivity contribution in [2.24, 2.45) is 0 Å². The lowest BCUT2D eigenvalue weighted by molar-refractivity contribution is -0.113. The van der Waals surface area contributed by atoms with Gasteiger partial charge in [-0.05, 0) is 60.7 Å². The number of benzene rings is 3. The number of nitrogens with one attached hydrogen (secondary N) is 1. The van der Waals surface area contributed by atoms with Crippen LogP contribution >= 0.6 is 11.8 Å². The molecule has 166 valence electrons. The van der Waals surface area contributed by atoms with E-state index in [0.717, 1.165) is 5.56 Å². The fraction of sp³-hybridized carbons (Fsp3) is 0.0833.